The second-order valence-electron chi connectivity index (χ2n) is 6.78. The Kier molecular flexibility index (Phi) is 6.50. The molecule has 2 heterocycles. The summed E-state index contributed by atoms with van der Waals surface area (Å²) in [6.45, 7) is 5.91. The van der Waals surface area contributed by atoms with Gasteiger partial charge >= 0.3 is 0 Å². The maximum atomic E-state index is 12.9. The van der Waals surface area contributed by atoms with Gasteiger partial charge in [0.05, 0.1) is 0 Å². The fraction of sp³-hybridized carbons (Fsp3) is 0.450. The summed E-state index contributed by atoms with van der Waals surface area (Å²) in [5.41, 5.74) is 1.55. The molecule has 2 aromatic rings. The van der Waals surface area contributed by atoms with Crippen molar-refractivity contribution in [2.75, 3.05) is 49.6 Å². The van der Waals surface area contributed by atoms with Gasteiger partial charge in [-0.2, -0.15) is 0 Å². The van der Waals surface area contributed by atoms with Crippen LogP contribution in [0.3, 0.4) is 0 Å². The Morgan fingerprint density at radius 3 is 2.70 bits per heavy atom. The molecule has 6 nitrogen and oxygen atoms in total. The lowest BCUT2D eigenvalue weighted by atomic mass is 10.2. The van der Waals surface area contributed by atoms with E-state index in [-0.39, 0.29) is 5.91 Å². The Hall–Kier alpha value is -2.34. The Morgan fingerprint density at radius 2 is 2.00 bits per heavy atom. The Balaban J connectivity index is 1.62. The van der Waals surface area contributed by atoms with Crippen molar-refractivity contribution in [1.82, 2.24) is 14.9 Å². The van der Waals surface area contributed by atoms with Crippen LogP contribution in [0.4, 0.5) is 11.6 Å². The summed E-state index contributed by atoms with van der Waals surface area (Å²) in [6.07, 6.45) is 3.85. The van der Waals surface area contributed by atoms with Gasteiger partial charge in [0.15, 0.2) is 0 Å². The van der Waals surface area contributed by atoms with Crippen LogP contribution >= 0.6 is 11.6 Å². The normalized spacial score (nSPS) is 14.3. The number of rotatable bonds is 6. The third-order valence-electron chi connectivity index (χ3n) is 4.79. The summed E-state index contributed by atoms with van der Waals surface area (Å²) in [7, 11) is 1.96. The number of unbranched alkanes of at least 4 members (excludes halogenated alkanes) is 1. The second-order valence-corrected chi connectivity index (χ2v) is 7.21. The van der Waals surface area contributed by atoms with E-state index in [9.17, 15) is 4.79 Å². The van der Waals surface area contributed by atoms with Gasteiger partial charge in [0.1, 0.15) is 5.69 Å². The minimum Gasteiger partial charge on any atom is -0.368 e. The smallest absolute Gasteiger partial charge is 0.272 e. The molecule has 27 heavy (non-hydrogen) atoms. The van der Waals surface area contributed by atoms with Crippen molar-refractivity contribution < 1.29 is 4.79 Å². The van der Waals surface area contributed by atoms with E-state index < -0.39 is 0 Å². The number of halogens is 1. The average Bonchev–Trinajstić information content (AvgIpc) is 2.71. The summed E-state index contributed by atoms with van der Waals surface area (Å²) >= 11 is 6.09. The van der Waals surface area contributed by atoms with E-state index in [4.69, 9.17) is 11.6 Å². The van der Waals surface area contributed by atoms with Crippen molar-refractivity contribution >= 4 is 29.1 Å². The van der Waals surface area contributed by atoms with E-state index in [0.717, 1.165) is 43.2 Å². The molecule has 1 saturated heterocycles. The summed E-state index contributed by atoms with van der Waals surface area (Å²) < 4.78 is 0. The summed E-state index contributed by atoms with van der Waals surface area (Å²) in [5, 5.41) is 0.728. The van der Waals surface area contributed by atoms with Crippen LogP contribution in [0.5, 0.6) is 0 Å². The molecular formula is C20H26ClN5O. The van der Waals surface area contributed by atoms with E-state index in [1.807, 2.05) is 41.1 Å². The molecule has 0 N–H and O–H groups in total. The van der Waals surface area contributed by atoms with Crippen LogP contribution in [0.1, 0.15) is 30.3 Å². The zero-order valence-electron chi connectivity index (χ0n) is 15.9. The zero-order valence-corrected chi connectivity index (χ0v) is 16.7. The number of amides is 1. The molecule has 0 atom stereocenters. The standard InChI is InChI=1S/C20H26ClN5O/c1-3-4-10-24(2)20-22-9-8-18(23-20)19(27)26-13-11-25(12-14-26)17-7-5-6-16(21)15-17/h5-9,15H,3-4,10-14H2,1-2H3. The number of nitrogens with zero attached hydrogens (tertiary/aromatic N) is 5. The maximum absolute atomic E-state index is 12.9. The van der Waals surface area contributed by atoms with Crippen LogP contribution in [0.2, 0.25) is 5.02 Å². The topological polar surface area (TPSA) is 52.6 Å². The molecule has 1 aliphatic heterocycles. The molecule has 1 aromatic heterocycles. The lowest BCUT2D eigenvalue weighted by molar-refractivity contribution is 0.0740. The highest BCUT2D eigenvalue weighted by molar-refractivity contribution is 6.30. The Labute approximate surface area is 165 Å². The highest BCUT2D eigenvalue weighted by Gasteiger charge is 2.23. The van der Waals surface area contributed by atoms with Crippen LogP contribution in [0, 0.1) is 0 Å². The third kappa shape index (κ3) is 4.89. The van der Waals surface area contributed by atoms with Gasteiger partial charge in [0, 0.05) is 56.7 Å². The van der Waals surface area contributed by atoms with Crippen molar-refractivity contribution in [1.29, 1.82) is 0 Å². The lowest BCUT2D eigenvalue weighted by Crippen LogP contribution is -2.49. The predicted octanol–water partition coefficient (Wildman–Crippen LogP) is 3.33. The molecule has 0 aliphatic carbocycles. The van der Waals surface area contributed by atoms with Crippen molar-refractivity contribution in [2.45, 2.75) is 19.8 Å². The first-order valence-electron chi connectivity index (χ1n) is 9.42. The van der Waals surface area contributed by atoms with Gasteiger partial charge in [-0.1, -0.05) is 31.0 Å². The van der Waals surface area contributed by atoms with E-state index in [1.165, 1.54) is 0 Å². The molecule has 0 radical (unpaired) electrons. The number of piperazine rings is 1. The van der Waals surface area contributed by atoms with Gasteiger partial charge in [-0.25, -0.2) is 9.97 Å². The number of anilines is 2. The minimum atomic E-state index is -0.0340. The number of carbonyl (C=O) groups excluding carboxylic acids is 1. The molecule has 0 unspecified atom stereocenters. The van der Waals surface area contributed by atoms with E-state index in [1.54, 1.807) is 12.3 Å². The number of aromatic nitrogens is 2. The van der Waals surface area contributed by atoms with Crippen LogP contribution in [0.25, 0.3) is 0 Å². The fourth-order valence-electron chi connectivity index (χ4n) is 3.15. The number of hydrogen-bond donors (Lipinski definition) is 0. The first-order chi connectivity index (χ1) is 13.1. The molecule has 0 spiro atoms. The van der Waals surface area contributed by atoms with Gasteiger partial charge in [-0.3, -0.25) is 4.79 Å². The van der Waals surface area contributed by atoms with E-state index in [0.29, 0.717) is 24.7 Å². The fourth-order valence-corrected chi connectivity index (χ4v) is 3.33. The highest BCUT2D eigenvalue weighted by atomic mass is 35.5. The molecular weight excluding hydrogens is 362 g/mol. The van der Waals surface area contributed by atoms with Crippen molar-refractivity contribution in [3.05, 3.63) is 47.2 Å². The van der Waals surface area contributed by atoms with Crippen molar-refractivity contribution in [3.8, 4) is 0 Å². The van der Waals surface area contributed by atoms with Gasteiger partial charge in [-0.15, -0.1) is 0 Å². The molecule has 1 amide bonds. The third-order valence-corrected chi connectivity index (χ3v) is 5.03. The largest absolute Gasteiger partial charge is 0.368 e. The molecule has 7 heteroatoms. The summed E-state index contributed by atoms with van der Waals surface area (Å²) in [5.74, 6) is 0.570. The highest BCUT2D eigenvalue weighted by Crippen LogP contribution is 2.21. The first kappa shape index (κ1) is 19.4. The molecule has 1 aromatic carbocycles. The quantitative estimate of drug-likeness (QED) is 0.761. The van der Waals surface area contributed by atoms with Crippen LogP contribution in [0.15, 0.2) is 36.5 Å². The Morgan fingerprint density at radius 1 is 1.22 bits per heavy atom. The van der Waals surface area contributed by atoms with E-state index in [2.05, 4.69) is 21.8 Å². The number of hydrogen-bond acceptors (Lipinski definition) is 5. The molecule has 0 saturated carbocycles. The zero-order chi connectivity index (χ0) is 19.2. The number of carbonyl (C=O) groups is 1. The van der Waals surface area contributed by atoms with Crippen LogP contribution in [-0.2, 0) is 0 Å². The maximum Gasteiger partial charge on any atom is 0.272 e. The second kappa shape index (κ2) is 9.04. The monoisotopic (exact) mass is 387 g/mol. The summed E-state index contributed by atoms with van der Waals surface area (Å²) in [6, 6.07) is 9.53. The van der Waals surface area contributed by atoms with Crippen molar-refractivity contribution in [3.63, 3.8) is 0 Å². The Bertz CT molecular complexity index is 776. The van der Waals surface area contributed by atoms with Gasteiger partial charge in [0.2, 0.25) is 5.95 Å². The van der Waals surface area contributed by atoms with Gasteiger partial charge < -0.3 is 14.7 Å². The van der Waals surface area contributed by atoms with Crippen molar-refractivity contribution in [2.24, 2.45) is 0 Å². The van der Waals surface area contributed by atoms with Gasteiger partial charge in [0.25, 0.3) is 5.91 Å². The molecule has 1 aliphatic rings. The first-order valence-corrected chi connectivity index (χ1v) is 9.80. The molecule has 0 bridgehead atoms. The summed E-state index contributed by atoms with van der Waals surface area (Å²) in [4.78, 5) is 27.8. The van der Waals surface area contributed by atoms with Gasteiger partial charge in [-0.05, 0) is 30.7 Å². The van der Waals surface area contributed by atoms with Crippen LogP contribution in [-0.4, -0.2) is 60.5 Å². The minimum absolute atomic E-state index is 0.0340. The number of benzene rings is 1. The van der Waals surface area contributed by atoms with Crippen LogP contribution < -0.4 is 9.80 Å². The SMILES string of the molecule is CCCCN(C)c1nccc(C(=O)N2CCN(c3cccc(Cl)c3)CC2)n1. The molecule has 144 valence electrons. The molecule has 1 fully saturated rings. The average molecular weight is 388 g/mol. The lowest BCUT2D eigenvalue weighted by Gasteiger charge is -2.36. The molecule has 3 rings (SSSR count). The predicted molar refractivity (Wildman–Crippen MR) is 110 cm³/mol. The van der Waals surface area contributed by atoms with E-state index >= 15 is 0 Å².